The van der Waals surface area contributed by atoms with Gasteiger partial charge in [-0.15, -0.1) is 11.8 Å². The van der Waals surface area contributed by atoms with E-state index in [-0.39, 0.29) is 0 Å². The molecule has 0 saturated heterocycles. The molecule has 0 aromatic carbocycles. The first-order chi connectivity index (χ1) is 4.39. The van der Waals surface area contributed by atoms with Gasteiger partial charge in [0.05, 0.1) is 0 Å². The van der Waals surface area contributed by atoms with Crippen molar-refractivity contribution < 1.29 is 0 Å². The Balaban J connectivity index is 0.000000291. The lowest BCUT2D eigenvalue weighted by Gasteiger charge is -2.01. The topological polar surface area (TPSA) is 0 Å². The Kier molecular flexibility index (Phi) is 5.85. The Hall–Kier alpha value is -0.170. The molecule has 0 saturated carbocycles. The average molecular weight is 142 g/mol. The molecule has 0 fully saturated rings. The second-order valence-corrected chi connectivity index (χ2v) is 2.84. The molecule has 0 aromatic heterocycles. The number of hydrogen-bond donors (Lipinski definition) is 0. The van der Waals surface area contributed by atoms with Gasteiger partial charge in [-0.2, -0.15) is 0 Å². The van der Waals surface area contributed by atoms with E-state index < -0.39 is 0 Å². The smallest absolute Gasteiger partial charge is 0.0243 e. The Morgan fingerprint density at radius 3 is 2.11 bits per heavy atom. The van der Waals surface area contributed by atoms with Gasteiger partial charge in [-0.25, -0.2) is 0 Å². The fraction of sp³-hybridized carbons (Fsp3) is 0.500. The van der Waals surface area contributed by atoms with E-state index in [1.807, 2.05) is 25.6 Å². The van der Waals surface area contributed by atoms with Crippen molar-refractivity contribution in [2.24, 2.45) is 0 Å². The standard InChI is InChI=1S/C6H8S.C2H6/c1-6-4-2-3-5-7-6;1-2/h2-6H,1H3;1-2H3. The molecule has 0 nitrogen and oxygen atoms in total. The Morgan fingerprint density at radius 2 is 1.89 bits per heavy atom. The van der Waals surface area contributed by atoms with Crippen LogP contribution in [0.3, 0.4) is 0 Å². The van der Waals surface area contributed by atoms with E-state index in [1.165, 1.54) is 0 Å². The quantitative estimate of drug-likeness (QED) is 0.500. The molecule has 0 spiro atoms. The van der Waals surface area contributed by atoms with Crippen molar-refractivity contribution in [3.63, 3.8) is 0 Å². The summed E-state index contributed by atoms with van der Waals surface area (Å²) in [7, 11) is 0. The molecule has 1 heteroatoms. The third-order valence-electron chi connectivity index (χ3n) is 0.865. The van der Waals surface area contributed by atoms with E-state index >= 15 is 0 Å². The summed E-state index contributed by atoms with van der Waals surface area (Å²) in [5, 5.41) is 2.80. The van der Waals surface area contributed by atoms with Crippen LogP contribution in [0.5, 0.6) is 0 Å². The lowest BCUT2D eigenvalue weighted by Crippen LogP contribution is -1.87. The van der Waals surface area contributed by atoms with Gasteiger partial charge >= 0.3 is 0 Å². The molecule has 0 amide bonds. The van der Waals surface area contributed by atoms with Gasteiger partial charge in [-0.1, -0.05) is 32.1 Å². The number of hydrogen-bond acceptors (Lipinski definition) is 1. The molecular formula is C8H14S. The van der Waals surface area contributed by atoms with E-state index in [4.69, 9.17) is 0 Å². The summed E-state index contributed by atoms with van der Waals surface area (Å²) < 4.78 is 0. The van der Waals surface area contributed by atoms with Gasteiger partial charge in [0.25, 0.3) is 0 Å². The zero-order valence-electron chi connectivity index (χ0n) is 6.29. The monoisotopic (exact) mass is 142 g/mol. The third-order valence-corrected chi connectivity index (χ3v) is 1.77. The van der Waals surface area contributed by atoms with Crippen molar-refractivity contribution in [3.05, 3.63) is 23.6 Å². The molecular weight excluding hydrogens is 128 g/mol. The van der Waals surface area contributed by atoms with Crippen LogP contribution in [0.1, 0.15) is 20.8 Å². The van der Waals surface area contributed by atoms with Gasteiger partial charge in [0.1, 0.15) is 0 Å². The number of rotatable bonds is 0. The molecule has 1 unspecified atom stereocenters. The van der Waals surface area contributed by atoms with Crippen LogP contribution in [0.25, 0.3) is 0 Å². The molecule has 9 heavy (non-hydrogen) atoms. The van der Waals surface area contributed by atoms with Crippen molar-refractivity contribution in [1.82, 2.24) is 0 Å². The molecule has 1 aliphatic rings. The molecule has 0 N–H and O–H groups in total. The first kappa shape index (κ1) is 8.83. The highest BCUT2D eigenvalue weighted by Gasteiger charge is 1.93. The number of thioether (sulfide) groups is 1. The van der Waals surface area contributed by atoms with Crippen molar-refractivity contribution in [3.8, 4) is 0 Å². The molecule has 0 aliphatic carbocycles. The van der Waals surface area contributed by atoms with Gasteiger partial charge in [-0.3, -0.25) is 0 Å². The van der Waals surface area contributed by atoms with Crippen molar-refractivity contribution in [2.45, 2.75) is 26.0 Å². The summed E-state index contributed by atoms with van der Waals surface area (Å²) in [5.74, 6) is 0. The zero-order chi connectivity index (χ0) is 7.11. The fourth-order valence-electron chi connectivity index (χ4n) is 0.481. The summed E-state index contributed by atoms with van der Waals surface area (Å²) in [4.78, 5) is 0. The van der Waals surface area contributed by atoms with Crippen LogP contribution in [0, 0.1) is 0 Å². The van der Waals surface area contributed by atoms with Crippen LogP contribution >= 0.6 is 11.8 Å². The van der Waals surface area contributed by atoms with Crippen LogP contribution in [0.15, 0.2) is 23.6 Å². The summed E-state index contributed by atoms with van der Waals surface area (Å²) in [5.41, 5.74) is 0. The van der Waals surface area contributed by atoms with Crippen LogP contribution < -0.4 is 0 Å². The highest BCUT2D eigenvalue weighted by molar-refractivity contribution is 8.02. The van der Waals surface area contributed by atoms with Crippen LogP contribution in [0.4, 0.5) is 0 Å². The predicted molar refractivity (Wildman–Crippen MR) is 46.7 cm³/mol. The first-order valence-corrected chi connectivity index (χ1v) is 4.32. The Morgan fingerprint density at radius 1 is 1.22 bits per heavy atom. The summed E-state index contributed by atoms with van der Waals surface area (Å²) >= 11 is 1.85. The predicted octanol–water partition coefficient (Wildman–Crippen LogP) is 3.22. The van der Waals surface area contributed by atoms with Crippen LogP contribution in [-0.4, -0.2) is 5.25 Å². The molecule has 1 aliphatic heterocycles. The minimum absolute atomic E-state index is 0.685. The van der Waals surface area contributed by atoms with E-state index in [2.05, 4.69) is 30.6 Å². The lowest BCUT2D eigenvalue weighted by atomic mass is 10.4. The number of allylic oxidation sites excluding steroid dienone is 2. The fourth-order valence-corrected chi connectivity index (χ4v) is 1.09. The molecule has 1 heterocycles. The Bertz CT molecular complexity index is 103. The van der Waals surface area contributed by atoms with Gasteiger partial charge in [0.15, 0.2) is 0 Å². The van der Waals surface area contributed by atoms with Gasteiger partial charge < -0.3 is 0 Å². The maximum atomic E-state index is 2.19. The average Bonchev–Trinajstić information content (AvgIpc) is 1.94. The van der Waals surface area contributed by atoms with Gasteiger partial charge in [0, 0.05) is 5.25 Å². The molecule has 1 rings (SSSR count). The van der Waals surface area contributed by atoms with Crippen LogP contribution in [0.2, 0.25) is 0 Å². The zero-order valence-corrected chi connectivity index (χ0v) is 7.11. The van der Waals surface area contributed by atoms with Crippen molar-refractivity contribution in [2.75, 3.05) is 0 Å². The summed E-state index contributed by atoms with van der Waals surface area (Å²) in [6.07, 6.45) is 6.33. The van der Waals surface area contributed by atoms with Crippen molar-refractivity contribution in [1.29, 1.82) is 0 Å². The highest BCUT2D eigenvalue weighted by atomic mass is 32.2. The third kappa shape index (κ3) is 4.34. The maximum Gasteiger partial charge on any atom is 0.0243 e. The lowest BCUT2D eigenvalue weighted by molar-refractivity contribution is 1.25. The van der Waals surface area contributed by atoms with Crippen molar-refractivity contribution >= 4 is 11.8 Å². The maximum absolute atomic E-state index is 2.19. The highest BCUT2D eigenvalue weighted by Crippen LogP contribution is 2.16. The molecule has 1 atom stereocenters. The van der Waals surface area contributed by atoms with E-state index in [9.17, 15) is 0 Å². The first-order valence-electron chi connectivity index (χ1n) is 3.38. The van der Waals surface area contributed by atoms with Crippen LogP contribution in [-0.2, 0) is 0 Å². The summed E-state index contributed by atoms with van der Waals surface area (Å²) in [6.45, 7) is 6.19. The molecule has 0 aromatic rings. The second kappa shape index (κ2) is 5.96. The molecule has 52 valence electrons. The molecule has 0 radical (unpaired) electrons. The van der Waals surface area contributed by atoms with Gasteiger partial charge in [-0.05, 0) is 12.3 Å². The van der Waals surface area contributed by atoms with E-state index in [0.29, 0.717) is 5.25 Å². The SMILES string of the molecule is CC.CC1C=CC=CS1. The normalized spacial score (nSPS) is 22.8. The van der Waals surface area contributed by atoms with Gasteiger partial charge in [0.2, 0.25) is 0 Å². The van der Waals surface area contributed by atoms with E-state index in [1.54, 1.807) is 0 Å². The largest absolute Gasteiger partial charge is 0.127 e. The minimum Gasteiger partial charge on any atom is -0.127 e. The second-order valence-electron chi connectivity index (χ2n) is 1.55. The minimum atomic E-state index is 0.685. The Labute approximate surface area is 62.0 Å². The summed E-state index contributed by atoms with van der Waals surface area (Å²) in [6, 6.07) is 0. The molecule has 0 bridgehead atoms. The van der Waals surface area contributed by atoms with E-state index in [0.717, 1.165) is 0 Å².